The zero-order valence-electron chi connectivity index (χ0n) is 15.1. The molecule has 1 saturated carbocycles. The minimum absolute atomic E-state index is 0.110. The number of benzene rings is 2. The predicted molar refractivity (Wildman–Crippen MR) is 89.8 cm³/mol. The van der Waals surface area contributed by atoms with Crippen LogP contribution in [0.15, 0.2) is 60.7 Å². The summed E-state index contributed by atoms with van der Waals surface area (Å²) in [5, 5.41) is 10.3. The Labute approximate surface area is 140 Å². The fourth-order valence-electron chi connectivity index (χ4n) is 2.62. The molecule has 0 aromatic heterocycles. The molecule has 0 bridgehead atoms. The third-order valence-electron chi connectivity index (χ3n) is 4.11. The first-order chi connectivity index (χ1) is 12.1. The molecule has 23 heavy (non-hydrogen) atoms. The standard InChI is InChI=1S/C20H24O3/c21-20(15-23-13-17-9-5-2-6-10-17)19-11-18(19)14-22-12-16-7-3-1-4-8-16/h1-10,18-21H,11-15H2/t18-,19+,20-/m0/s1/i15D2. The summed E-state index contributed by atoms with van der Waals surface area (Å²) in [5.41, 5.74) is 2.00. The molecule has 3 heteroatoms. The number of ether oxygens (including phenoxy) is 2. The van der Waals surface area contributed by atoms with Gasteiger partial charge in [-0.1, -0.05) is 60.7 Å². The van der Waals surface area contributed by atoms with E-state index in [4.69, 9.17) is 12.2 Å². The van der Waals surface area contributed by atoms with Gasteiger partial charge in [0.05, 0.1) is 35.2 Å². The van der Waals surface area contributed by atoms with Crippen molar-refractivity contribution in [2.45, 2.75) is 25.7 Å². The minimum atomic E-state index is -2.06. The first-order valence-electron chi connectivity index (χ1n) is 9.04. The van der Waals surface area contributed by atoms with Crippen molar-refractivity contribution in [2.24, 2.45) is 11.8 Å². The van der Waals surface area contributed by atoms with Gasteiger partial charge in [-0.05, 0) is 29.4 Å². The van der Waals surface area contributed by atoms with Gasteiger partial charge in [-0.15, -0.1) is 0 Å². The van der Waals surface area contributed by atoms with E-state index in [9.17, 15) is 5.11 Å². The lowest BCUT2D eigenvalue weighted by Crippen LogP contribution is -2.19. The molecule has 2 aromatic carbocycles. The normalized spacial score (nSPS) is 23.0. The Morgan fingerprint density at radius 2 is 1.52 bits per heavy atom. The average molecular weight is 314 g/mol. The number of aliphatic hydroxyl groups excluding tert-OH is 1. The summed E-state index contributed by atoms with van der Waals surface area (Å²) in [6.45, 7) is -0.843. The predicted octanol–water partition coefficient (Wildman–Crippen LogP) is 3.42. The lowest BCUT2D eigenvalue weighted by Gasteiger charge is -2.11. The minimum Gasteiger partial charge on any atom is -0.390 e. The molecule has 0 unspecified atom stereocenters. The molecule has 0 saturated heterocycles. The van der Waals surface area contributed by atoms with Crippen LogP contribution in [-0.2, 0) is 22.7 Å². The molecule has 0 spiro atoms. The van der Waals surface area contributed by atoms with Gasteiger partial charge in [0.2, 0.25) is 0 Å². The zero-order chi connectivity index (χ0) is 17.7. The van der Waals surface area contributed by atoms with Crippen molar-refractivity contribution < 1.29 is 17.3 Å². The Bertz CT molecular complexity index is 649. The average Bonchev–Trinajstić information content (AvgIpc) is 3.40. The topological polar surface area (TPSA) is 38.7 Å². The third kappa shape index (κ3) is 5.17. The highest BCUT2D eigenvalue weighted by molar-refractivity contribution is 5.14. The van der Waals surface area contributed by atoms with E-state index in [-0.39, 0.29) is 18.4 Å². The van der Waals surface area contributed by atoms with Gasteiger partial charge in [0, 0.05) is 0 Å². The van der Waals surface area contributed by atoms with E-state index >= 15 is 0 Å². The molecular weight excluding hydrogens is 288 g/mol. The molecule has 1 fully saturated rings. The van der Waals surface area contributed by atoms with Crippen LogP contribution in [0.1, 0.15) is 20.3 Å². The van der Waals surface area contributed by atoms with Crippen molar-refractivity contribution in [3.63, 3.8) is 0 Å². The van der Waals surface area contributed by atoms with Crippen LogP contribution in [0.25, 0.3) is 0 Å². The van der Waals surface area contributed by atoms with Crippen LogP contribution in [0.3, 0.4) is 0 Å². The molecule has 3 rings (SSSR count). The van der Waals surface area contributed by atoms with Crippen molar-refractivity contribution in [1.29, 1.82) is 0 Å². The van der Waals surface area contributed by atoms with Gasteiger partial charge >= 0.3 is 0 Å². The van der Waals surface area contributed by atoms with E-state index < -0.39 is 12.7 Å². The van der Waals surface area contributed by atoms with Crippen LogP contribution in [0, 0.1) is 11.8 Å². The van der Waals surface area contributed by atoms with Gasteiger partial charge in [0.15, 0.2) is 0 Å². The van der Waals surface area contributed by atoms with E-state index in [0.29, 0.717) is 13.2 Å². The molecule has 0 aliphatic heterocycles. The second-order valence-corrected chi connectivity index (χ2v) is 6.00. The van der Waals surface area contributed by atoms with Gasteiger partial charge in [-0.2, -0.15) is 0 Å². The summed E-state index contributed by atoms with van der Waals surface area (Å²) in [7, 11) is 0. The van der Waals surface area contributed by atoms with Gasteiger partial charge in [-0.3, -0.25) is 0 Å². The molecule has 1 aliphatic rings. The number of hydrogen-bond acceptors (Lipinski definition) is 3. The number of rotatable bonds is 9. The summed E-state index contributed by atoms with van der Waals surface area (Å²) in [4.78, 5) is 0. The van der Waals surface area contributed by atoms with Crippen molar-refractivity contribution >= 4 is 0 Å². The first kappa shape index (κ1) is 13.7. The SMILES string of the molecule is [2H]C([2H])(OCc1ccccc1)[C@H](O)[C@@H]1C[C@H]1COCc1ccccc1. The summed E-state index contributed by atoms with van der Waals surface area (Å²) in [6, 6.07) is 19.3. The lowest BCUT2D eigenvalue weighted by molar-refractivity contribution is 0.0106. The Morgan fingerprint density at radius 1 is 0.957 bits per heavy atom. The maximum absolute atomic E-state index is 10.3. The van der Waals surface area contributed by atoms with Crippen LogP contribution >= 0.6 is 0 Å². The Hall–Kier alpha value is -1.68. The van der Waals surface area contributed by atoms with E-state index in [2.05, 4.69) is 0 Å². The number of hydrogen-bond donors (Lipinski definition) is 1. The quantitative estimate of drug-likeness (QED) is 0.771. The molecule has 0 heterocycles. The van der Waals surface area contributed by atoms with Crippen molar-refractivity contribution in [2.75, 3.05) is 13.2 Å². The maximum Gasteiger partial charge on any atom is 0.0805 e. The fraction of sp³-hybridized carbons (Fsp3) is 0.400. The van der Waals surface area contributed by atoms with E-state index in [1.54, 1.807) is 0 Å². The van der Waals surface area contributed by atoms with Crippen molar-refractivity contribution in [1.82, 2.24) is 0 Å². The largest absolute Gasteiger partial charge is 0.390 e. The first-order valence-corrected chi connectivity index (χ1v) is 8.04. The highest BCUT2D eigenvalue weighted by Crippen LogP contribution is 2.41. The molecule has 3 nitrogen and oxygen atoms in total. The second kappa shape index (κ2) is 8.25. The van der Waals surface area contributed by atoms with Gasteiger partial charge < -0.3 is 14.6 Å². The molecular formula is C20H24O3. The van der Waals surface area contributed by atoms with Crippen LogP contribution in [0.2, 0.25) is 0 Å². The third-order valence-corrected chi connectivity index (χ3v) is 4.11. The lowest BCUT2D eigenvalue weighted by atomic mass is 10.2. The molecule has 1 aliphatic carbocycles. The molecule has 3 atom stereocenters. The zero-order valence-corrected chi connectivity index (χ0v) is 13.1. The van der Waals surface area contributed by atoms with E-state index in [1.807, 2.05) is 60.7 Å². The highest BCUT2D eigenvalue weighted by atomic mass is 16.5. The van der Waals surface area contributed by atoms with Crippen molar-refractivity contribution in [3.05, 3.63) is 71.8 Å². The van der Waals surface area contributed by atoms with Crippen LogP contribution in [0.5, 0.6) is 0 Å². The summed E-state index contributed by atoms with van der Waals surface area (Å²) < 4.78 is 27.0. The summed E-state index contributed by atoms with van der Waals surface area (Å²) in [5.74, 6) is 0.0793. The second-order valence-electron chi connectivity index (χ2n) is 6.00. The van der Waals surface area contributed by atoms with Gasteiger partial charge in [-0.25, -0.2) is 0 Å². The maximum atomic E-state index is 10.3. The summed E-state index contributed by atoms with van der Waals surface area (Å²) in [6.07, 6.45) is -0.369. The molecule has 1 N–H and O–H groups in total. The van der Waals surface area contributed by atoms with E-state index in [0.717, 1.165) is 17.5 Å². The van der Waals surface area contributed by atoms with Crippen molar-refractivity contribution in [3.8, 4) is 0 Å². The van der Waals surface area contributed by atoms with Crippen LogP contribution in [-0.4, -0.2) is 24.4 Å². The van der Waals surface area contributed by atoms with Gasteiger partial charge in [0.1, 0.15) is 0 Å². The monoisotopic (exact) mass is 314 g/mol. The van der Waals surface area contributed by atoms with Gasteiger partial charge in [0.25, 0.3) is 0 Å². The Morgan fingerprint density at radius 3 is 2.13 bits per heavy atom. The smallest absolute Gasteiger partial charge is 0.0805 e. The van der Waals surface area contributed by atoms with Crippen LogP contribution in [0.4, 0.5) is 0 Å². The fourth-order valence-corrected chi connectivity index (χ4v) is 2.62. The Kier molecular flexibility index (Phi) is 4.93. The summed E-state index contributed by atoms with van der Waals surface area (Å²) >= 11 is 0. The molecule has 0 radical (unpaired) electrons. The highest BCUT2D eigenvalue weighted by Gasteiger charge is 2.42. The molecule has 122 valence electrons. The van der Waals surface area contributed by atoms with E-state index in [1.165, 1.54) is 0 Å². The number of aliphatic hydroxyl groups is 1. The van der Waals surface area contributed by atoms with Crippen LogP contribution < -0.4 is 0 Å². The Balaban J connectivity index is 1.41. The molecule has 2 aromatic rings. The molecule has 0 amide bonds.